The van der Waals surface area contributed by atoms with Gasteiger partial charge in [-0.3, -0.25) is 19.0 Å². The van der Waals surface area contributed by atoms with Crippen molar-refractivity contribution in [3.63, 3.8) is 0 Å². The highest BCUT2D eigenvalue weighted by molar-refractivity contribution is 5.75. The van der Waals surface area contributed by atoms with Gasteiger partial charge in [-0.05, 0) is 31.2 Å². The maximum absolute atomic E-state index is 12.5. The van der Waals surface area contributed by atoms with Gasteiger partial charge in [0.15, 0.2) is 0 Å². The van der Waals surface area contributed by atoms with E-state index in [4.69, 9.17) is 4.42 Å². The van der Waals surface area contributed by atoms with Crippen molar-refractivity contribution in [2.45, 2.75) is 26.6 Å². The molecule has 0 saturated carbocycles. The highest BCUT2D eigenvalue weighted by Gasteiger charge is 2.26. The first-order valence-corrected chi connectivity index (χ1v) is 8.88. The second kappa shape index (κ2) is 7.18. The van der Waals surface area contributed by atoms with Crippen LogP contribution in [-0.4, -0.2) is 26.8 Å². The number of nitrogens with zero attached hydrogens (tertiary/aromatic N) is 4. The number of amides is 1. The van der Waals surface area contributed by atoms with Crippen molar-refractivity contribution < 1.29 is 9.21 Å². The average Bonchev–Trinajstić information content (AvgIpc) is 3.35. The van der Waals surface area contributed by atoms with Gasteiger partial charge in [-0.2, -0.15) is 0 Å². The van der Waals surface area contributed by atoms with Crippen molar-refractivity contribution in [3.05, 3.63) is 74.7 Å². The summed E-state index contributed by atoms with van der Waals surface area (Å²) in [5, 5.41) is 6.93. The molecule has 28 heavy (non-hydrogen) atoms. The van der Waals surface area contributed by atoms with Crippen LogP contribution >= 0.6 is 0 Å². The van der Waals surface area contributed by atoms with E-state index in [-0.39, 0.29) is 13.1 Å². The molecule has 9 heteroatoms. The molecule has 1 aliphatic heterocycles. The molecule has 0 spiro atoms. The Morgan fingerprint density at radius 2 is 1.93 bits per heavy atom. The maximum Gasteiger partial charge on any atom is 0.333 e. The molecule has 1 aromatic carbocycles. The van der Waals surface area contributed by atoms with Gasteiger partial charge in [0, 0.05) is 18.8 Å². The summed E-state index contributed by atoms with van der Waals surface area (Å²) < 4.78 is 7.41. The first-order chi connectivity index (χ1) is 13.5. The number of furan rings is 1. The van der Waals surface area contributed by atoms with Crippen LogP contribution in [0.1, 0.15) is 11.3 Å². The number of nitrogens with one attached hydrogen (secondary N) is 1. The van der Waals surface area contributed by atoms with Gasteiger partial charge in [0.2, 0.25) is 11.9 Å². The number of fused-ring (bicyclic) bond motifs is 1. The zero-order valence-corrected chi connectivity index (χ0v) is 15.3. The Hall–Kier alpha value is -3.62. The molecular formula is C19H19N5O4. The Morgan fingerprint density at radius 3 is 2.64 bits per heavy atom. The fourth-order valence-corrected chi connectivity index (χ4v) is 3.09. The fraction of sp³-hybridized carbons (Fsp3) is 0.263. The molecule has 144 valence electrons. The van der Waals surface area contributed by atoms with Gasteiger partial charge in [-0.15, -0.1) is 5.10 Å². The molecule has 0 radical (unpaired) electrons. The third-order valence-electron chi connectivity index (χ3n) is 4.58. The largest absolute Gasteiger partial charge is 0.467 e. The lowest BCUT2D eigenvalue weighted by Gasteiger charge is -2.18. The molecule has 9 nitrogen and oxygen atoms in total. The predicted octanol–water partition coefficient (Wildman–Crippen LogP) is 0.775. The van der Waals surface area contributed by atoms with Crippen LogP contribution in [0.15, 0.2) is 56.7 Å². The van der Waals surface area contributed by atoms with Gasteiger partial charge in [0.05, 0.1) is 12.8 Å². The number of aromatic nitrogens is 3. The smallest absolute Gasteiger partial charge is 0.333 e. The Balaban J connectivity index is 1.59. The van der Waals surface area contributed by atoms with E-state index < -0.39 is 17.0 Å². The average molecular weight is 381 g/mol. The zero-order valence-electron chi connectivity index (χ0n) is 15.3. The van der Waals surface area contributed by atoms with Crippen LogP contribution in [0.5, 0.6) is 0 Å². The molecule has 3 heterocycles. The van der Waals surface area contributed by atoms with Gasteiger partial charge in [-0.25, -0.2) is 4.68 Å². The third kappa shape index (κ3) is 3.34. The number of hydrogen-bond acceptors (Lipinski definition) is 6. The van der Waals surface area contributed by atoms with Crippen molar-refractivity contribution in [2.24, 2.45) is 0 Å². The van der Waals surface area contributed by atoms with E-state index in [9.17, 15) is 14.4 Å². The third-order valence-corrected chi connectivity index (χ3v) is 4.58. The van der Waals surface area contributed by atoms with Gasteiger partial charge < -0.3 is 14.6 Å². The van der Waals surface area contributed by atoms with Crippen LogP contribution in [0.4, 0.5) is 11.6 Å². The van der Waals surface area contributed by atoms with Crippen molar-refractivity contribution in [1.29, 1.82) is 0 Å². The summed E-state index contributed by atoms with van der Waals surface area (Å²) in [5.74, 6) is 0.510. The first-order valence-electron chi connectivity index (χ1n) is 8.88. The molecule has 1 aliphatic rings. The van der Waals surface area contributed by atoms with Crippen molar-refractivity contribution in [1.82, 2.24) is 19.7 Å². The highest BCUT2D eigenvalue weighted by Crippen LogP contribution is 2.26. The minimum Gasteiger partial charge on any atom is -0.467 e. The Kier molecular flexibility index (Phi) is 4.56. The van der Waals surface area contributed by atoms with E-state index in [0.29, 0.717) is 24.8 Å². The quantitative estimate of drug-likeness (QED) is 0.655. The normalized spacial score (nSPS) is 12.8. The maximum atomic E-state index is 12.5. The van der Waals surface area contributed by atoms with E-state index in [1.54, 1.807) is 12.1 Å². The summed E-state index contributed by atoms with van der Waals surface area (Å²) in [5.41, 5.74) is 0.490. The predicted molar refractivity (Wildman–Crippen MR) is 101 cm³/mol. The molecule has 0 bridgehead atoms. The van der Waals surface area contributed by atoms with Gasteiger partial charge in [0.25, 0.3) is 0 Å². The number of carbonyl (C=O) groups excluding carboxylic acids is 1. The summed E-state index contributed by atoms with van der Waals surface area (Å²) in [6.07, 6.45) is 1.51. The van der Waals surface area contributed by atoms with E-state index >= 15 is 0 Å². The Morgan fingerprint density at radius 1 is 1.14 bits per heavy atom. The lowest BCUT2D eigenvalue weighted by molar-refractivity contribution is -0.122. The summed E-state index contributed by atoms with van der Waals surface area (Å²) in [6, 6.07) is 11.2. The number of rotatable bonds is 5. The lowest BCUT2D eigenvalue weighted by Crippen LogP contribution is -2.44. The molecular weight excluding hydrogens is 362 g/mol. The second-order valence-corrected chi connectivity index (χ2v) is 6.56. The van der Waals surface area contributed by atoms with E-state index in [2.05, 4.69) is 10.4 Å². The van der Waals surface area contributed by atoms with E-state index in [1.165, 1.54) is 10.8 Å². The minimum absolute atomic E-state index is 0.194. The summed E-state index contributed by atoms with van der Waals surface area (Å²) >= 11 is 0. The molecule has 1 N–H and O–H groups in total. The van der Waals surface area contributed by atoms with Gasteiger partial charge in [-0.1, -0.05) is 17.7 Å². The van der Waals surface area contributed by atoms with Crippen LogP contribution in [0.3, 0.4) is 0 Å². The highest BCUT2D eigenvalue weighted by atomic mass is 16.3. The van der Waals surface area contributed by atoms with Crippen molar-refractivity contribution in [3.8, 4) is 0 Å². The SMILES string of the molecule is Cc1ccc(N2CCn3c2nn(CC(=O)NCc2ccco2)c(=O)c3=O)cc1. The van der Waals surface area contributed by atoms with Gasteiger partial charge >= 0.3 is 11.1 Å². The number of anilines is 2. The first kappa shape index (κ1) is 17.8. The second-order valence-electron chi connectivity index (χ2n) is 6.56. The molecule has 4 rings (SSSR count). The van der Waals surface area contributed by atoms with Gasteiger partial charge in [0.1, 0.15) is 12.3 Å². The Bertz CT molecular complexity index is 1110. The molecule has 0 fully saturated rings. The summed E-state index contributed by atoms with van der Waals surface area (Å²) in [6.45, 7) is 2.74. The number of benzene rings is 1. The van der Waals surface area contributed by atoms with E-state index in [0.717, 1.165) is 15.9 Å². The number of carbonyl (C=O) groups is 1. The zero-order chi connectivity index (χ0) is 19.7. The van der Waals surface area contributed by atoms with Crippen LogP contribution in [0, 0.1) is 6.92 Å². The number of aryl methyl sites for hydroxylation is 1. The van der Waals surface area contributed by atoms with E-state index in [1.807, 2.05) is 36.1 Å². The van der Waals surface area contributed by atoms with Crippen LogP contribution in [-0.2, 0) is 24.4 Å². The standard InChI is InChI=1S/C19H19N5O4/c1-13-4-6-14(7-5-13)22-8-9-23-17(26)18(27)24(21-19(22)23)12-16(25)20-11-15-3-2-10-28-15/h2-7,10H,8-9,11-12H2,1H3,(H,20,25). The lowest BCUT2D eigenvalue weighted by atomic mass is 10.2. The monoisotopic (exact) mass is 381 g/mol. The molecule has 2 aromatic heterocycles. The summed E-state index contributed by atoms with van der Waals surface area (Å²) in [7, 11) is 0. The molecule has 0 aliphatic carbocycles. The molecule has 0 unspecified atom stereocenters. The minimum atomic E-state index is -0.817. The molecule has 0 atom stereocenters. The van der Waals surface area contributed by atoms with Crippen LogP contribution in [0.25, 0.3) is 0 Å². The molecule has 1 amide bonds. The van der Waals surface area contributed by atoms with Crippen LogP contribution < -0.4 is 21.3 Å². The summed E-state index contributed by atoms with van der Waals surface area (Å²) in [4.78, 5) is 38.8. The van der Waals surface area contributed by atoms with Crippen molar-refractivity contribution >= 4 is 17.5 Å². The van der Waals surface area contributed by atoms with Crippen molar-refractivity contribution in [2.75, 3.05) is 11.4 Å². The topological polar surface area (TPSA) is 102 Å². The molecule has 3 aromatic rings. The fourth-order valence-electron chi connectivity index (χ4n) is 3.09. The Labute approximate surface area is 159 Å². The number of hydrogen-bond donors (Lipinski definition) is 1. The van der Waals surface area contributed by atoms with Crippen LogP contribution in [0.2, 0.25) is 0 Å². The molecule has 0 saturated heterocycles.